The number of halogens is 1. The first-order chi connectivity index (χ1) is 9.10. The molecule has 2 aromatic rings. The third-order valence-electron chi connectivity index (χ3n) is 2.60. The summed E-state index contributed by atoms with van der Waals surface area (Å²) in [5, 5.41) is 3.27. The molecule has 0 spiro atoms. The summed E-state index contributed by atoms with van der Waals surface area (Å²) in [4.78, 5) is 12.7. The molecule has 4 nitrogen and oxygen atoms in total. The van der Waals surface area contributed by atoms with E-state index in [-0.39, 0.29) is 5.97 Å². The van der Waals surface area contributed by atoms with Gasteiger partial charge in [0.2, 0.25) is 0 Å². The first-order valence-corrected chi connectivity index (χ1v) is 7.33. The fourth-order valence-electron chi connectivity index (χ4n) is 1.70. The highest BCUT2D eigenvalue weighted by Gasteiger charge is 2.14. The van der Waals surface area contributed by atoms with Crippen molar-refractivity contribution in [3.8, 4) is 0 Å². The molecule has 0 aliphatic carbocycles. The number of esters is 1. The number of furan rings is 1. The summed E-state index contributed by atoms with van der Waals surface area (Å²) in [7, 11) is 1.36. The lowest BCUT2D eigenvalue weighted by molar-refractivity contribution is 0.0599. The zero-order chi connectivity index (χ0) is 13.8. The fraction of sp³-hybridized carbons (Fsp3) is 0.308. The molecule has 6 heteroatoms. The first kappa shape index (κ1) is 14.3. The summed E-state index contributed by atoms with van der Waals surface area (Å²) in [6.45, 7) is 3.10. The predicted molar refractivity (Wildman–Crippen MR) is 77.3 cm³/mol. The van der Waals surface area contributed by atoms with Gasteiger partial charge in [-0.25, -0.2) is 4.79 Å². The minimum absolute atomic E-state index is 0.366. The van der Waals surface area contributed by atoms with Crippen molar-refractivity contribution in [3.63, 3.8) is 0 Å². The van der Waals surface area contributed by atoms with Gasteiger partial charge in [0.1, 0.15) is 17.1 Å². The van der Waals surface area contributed by atoms with Crippen LogP contribution >= 0.6 is 27.3 Å². The van der Waals surface area contributed by atoms with Crippen LogP contribution in [-0.2, 0) is 17.8 Å². The average Bonchev–Trinajstić information content (AvgIpc) is 2.95. The van der Waals surface area contributed by atoms with Crippen LogP contribution in [0.5, 0.6) is 0 Å². The van der Waals surface area contributed by atoms with Crippen LogP contribution in [0.3, 0.4) is 0 Å². The summed E-state index contributed by atoms with van der Waals surface area (Å²) in [6.07, 6.45) is 0. The maximum Gasteiger partial charge on any atom is 0.341 e. The highest BCUT2D eigenvalue weighted by molar-refractivity contribution is 9.11. The summed E-state index contributed by atoms with van der Waals surface area (Å²) in [5.74, 6) is 0.950. The Balaban J connectivity index is 1.91. The van der Waals surface area contributed by atoms with Gasteiger partial charge in [0.05, 0.1) is 17.4 Å². The van der Waals surface area contributed by atoms with Gasteiger partial charge in [-0.1, -0.05) is 0 Å². The molecule has 0 radical (unpaired) electrons. The second kappa shape index (κ2) is 6.36. The van der Waals surface area contributed by atoms with Crippen LogP contribution in [0.4, 0.5) is 0 Å². The highest BCUT2D eigenvalue weighted by Crippen LogP contribution is 2.22. The molecule has 2 rings (SSSR count). The van der Waals surface area contributed by atoms with Gasteiger partial charge in [-0.3, -0.25) is 0 Å². The number of hydrogen-bond acceptors (Lipinski definition) is 5. The van der Waals surface area contributed by atoms with Gasteiger partial charge in [0.25, 0.3) is 0 Å². The van der Waals surface area contributed by atoms with Crippen LogP contribution in [0, 0.1) is 6.92 Å². The van der Waals surface area contributed by atoms with Crippen molar-refractivity contribution >= 4 is 33.2 Å². The van der Waals surface area contributed by atoms with Crippen molar-refractivity contribution in [2.24, 2.45) is 0 Å². The van der Waals surface area contributed by atoms with Crippen molar-refractivity contribution in [3.05, 3.63) is 43.9 Å². The number of rotatable bonds is 5. The Morgan fingerprint density at radius 1 is 1.47 bits per heavy atom. The normalized spacial score (nSPS) is 10.7. The van der Waals surface area contributed by atoms with Crippen molar-refractivity contribution in [2.75, 3.05) is 7.11 Å². The lowest BCUT2D eigenvalue weighted by atomic mass is 10.2. The number of ether oxygens (including phenoxy) is 1. The van der Waals surface area contributed by atoms with E-state index in [1.54, 1.807) is 24.3 Å². The third-order valence-corrected chi connectivity index (χ3v) is 4.23. The molecule has 19 heavy (non-hydrogen) atoms. The van der Waals surface area contributed by atoms with E-state index < -0.39 is 0 Å². The third kappa shape index (κ3) is 3.68. The Labute approximate surface area is 123 Å². The Kier molecular flexibility index (Phi) is 4.79. The van der Waals surface area contributed by atoms with Crippen LogP contribution in [0.2, 0.25) is 0 Å². The summed E-state index contributed by atoms with van der Waals surface area (Å²) >= 11 is 5.12. The highest BCUT2D eigenvalue weighted by atomic mass is 79.9. The zero-order valence-corrected chi connectivity index (χ0v) is 13.1. The number of carbonyl (C=O) groups is 1. The molecule has 0 aromatic carbocycles. The molecule has 2 aromatic heterocycles. The monoisotopic (exact) mass is 343 g/mol. The van der Waals surface area contributed by atoms with Crippen molar-refractivity contribution in [1.82, 2.24) is 5.32 Å². The quantitative estimate of drug-likeness (QED) is 0.844. The first-order valence-electron chi connectivity index (χ1n) is 5.72. The van der Waals surface area contributed by atoms with Gasteiger partial charge in [0, 0.05) is 11.4 Å². The minimum atomic E-state index is -0.366. The van der Waals surface area contributed by atoms with E-state index in [4.69, 9.17) is 4.42 Å². The van der Waals surface area contributed by atoms with E-state index in [0.717, 1.165) is 16.1 Å². The molecular formula is C13H14BrNO3S. The number of methoxy groups -OCH3 is 1. The van der Waals surface area contributed by atoms with Gasteiger partial charge in [0.15, 0.2) is 0 Å². The Morgan fingerprint density at radius 3 is 2.89 bits per heavy atom. The molecular weight excluding hydrogens is 330 g/mol. The van der Waals surface area contributed by atoms with Crippen molar-refractivity contribution in [1.29, 1.82) is 0 Å². The second-order valence-electron chi connectivity index (χ2n) is 3.98. The molecule has 0 bridgehead atoms. The van der Waals surface area contributed by atoms with Crippen LogP contribution in [0.25, 0.3) is 0 Å². The zero-order valence-electron chi connectivity index (χ0n) is 10.7. The topological polar surface area (TPSA) is 51.5 Å². The molecule has 1 N–H and O–H groups in total. The molecule has 0 saturated heterocycles. The summed E-state index contributed by atoms with van der Waals surface area (Å²) < 4.78 is 11.3. The van der Waals surface area contributed by atoms with Gasteiger partial charge < -0.3 is 14.5 Å². The van der Waals surface area contributed by atoms with Crippen LogP contribution in [-0.4, -0.2) is 13.1 Å². The number of nitrogens with one attached hydrogen (secondary N) is 1. The van der Waals surface area contributed by atoms with E-state index in [2.05, 4.69) is 32.0 Å². The molecule has 0 amide bonds. The average molecular weight is 344 g/mol. The maximum absolute atomic E-state index is 11.4. The lowest BCUT2D eigenvalue weighted by Crippen LogP contribution is -2.11. The standard InChI is InChI=1S/C13H14BrNO3S/c1-8-11(13(16)17-2)5-9(18-8)6-15-7-10-3-4-12(14)19-10/h3-5,15H,6-7H2,1-2H3. The minimum Gasteiger partial charge on any atom is -0.465 e. The maximum atomic E-state index is 11.4. The number of aryl methyl sites for hydroxylation is 1. The summed E-state index contributed by atoms with van der Waals surface area (Å²) in [6, 6.07) is 5.81. The van der Waals surface area contributed by atoms with Crippen molar-refractivity contribution in [2.45, 2.75) is 20.0 Å². The molecule has 0 atom stereocenters. The largest absolute Gasteiger partial charge is 0.465 e. The lowest BCUT2D eigenvalue weighted by Gasteiger charge is -1.99. The molecule has 102 valence electrons. The van der Waals surface area contributed by atoms with Crippen LogP contribution < -0.4 is 5.32 Å². The molecule has 0 saturated carbocycles. The van der Waals surface area contributed by atoms with E-state index in [1.165, 1.54) is 12.0 Å². The van der Waals surface area contributed by atoms with Gasteiger partial charge in [-0.05, 0) is 41.1 Å². The van der Waals surface area contributed by atoms with E-state index >= 15 is 0 Å². The summed E-state index contributed by atoms with van der Waals surface area (Å²) in [5.41, 5.74) is 0.484. The van der Waals surface area contributed by atoms with Gasteiger partial charge in [-0.2, -0.15) is 0 Å². The Bertz CT molecular complexity index is 576. The molecule has 0 aliphatic rings. The molecule has 0 unspecified atom stereocenters. The second-order valence-corrected chi connectivity index (χ2v) is 6.53. The number of carbonyl (C=O) groups excluding carboxylic acids is 1. The number of thiophene rings is 1. The molecule has 0 fully saturated rings. The SMILES string of the molecule is COC(=O)c1cc(CNCc2ccc(Br)s2)oc1C. The van der Waals surface area contributed by atoms with Crippen LogP contribution in [0.15, 0.2) is 26.4 Å². The van der Waals surface area contributed by atoms with E-state index in [0.29, 0.717) is 17.9 Å². The van der Waals surface area contributed by atoms with Gasteiger partial charge >= 0.3 is 5.97 Å². The van der Waals surface area contributed by atoms with Gasteiger partial charge in [-0.15, -0.1) is 11.3 Å². The van der Waals surface area contributed by atoms with E-state index in [9.17, 15) is 4.79 Å². The fourth-order valence-corrected chi connectivity index (χ4v) is 3.15. The number of hydrogen-bond donors (Lipinski definition) is 1. The van der Waals surface area contributed by atoms with Crippen molar-refractivity contribution < 1.29 is 13.9 Å². The van der Waals surface area contributed by atoms with E-state index in [1.807, 2.05) is 6.07 Å². The van der Waals surface area contributed by atoms with Crippen LogP contribution in [0.1, 0.15) is 26.8 Å². The smallest absolute Gasteiger partial charge is 0.341 e. The Morgan fingerprint density at radius 2 is 2.26 bits per heavy atom. The molecule has 0 aliphatic heterocycles. The Hall–Kier alpha value is -1.11. The predicted octanol–water partition coefficient (Wildman–Crippen LogP) is 3.49. The molecule has 2 heterocycles.